The van der Waals surface area contributed by atoms with Gasteiger partial charge in [0.1, 0.15) is 0 Å². The number of carbonyl (C=O) groups is 2. The Hall–Kier alpha value is -1.10. The predicted molar refractivity (Wildman–Crippen MR) is 48.8 cm³/mol. The second-order valence-corrected chi connectivity index (χ2v) is 3.78. The van der Waals surface area contributed by atoms with E-state index >= 15 is 0 Å². The van der Waals surface area contributed by atoms with Gasteiger partial charge in [-0.05, 0) is 5.92 Å². The van der Waals surface area contributed by atoms with E-state index in [0.29, 0.717) is 0 Å². The van der Waals surface area contributed by atoms with Gasteiger partial charge in [-0.3, -0.25) is 4.79 Å². The molecule has 1 aliphatic rings. The summed E-state index contributed by atoms with van der Waals surface area (Å²) in [5.74, 6) is -1.51. The SMILES string of the molecule is CC(C)C1(C(=O)O)COCCC(=O)N1. The molecule has 1 amide bonds. The van der Waals surface area contributed by atoms with Crippen LogP contribution in [0.5, 0.6) is 0 Å². The summed E-state index contributed by atoms with van der Waals surface area (Å²) in [5, 5.41) is 11.6. The largest absolute Gasteiger partial charge is 0.479 e. The van der Waals surface area contributed by atoms with Crippen LogP contribution < -0.4 is 5.32 Å². The second-order valence-electron chi connectivity index (χ2n) is 3.78. The van der Waals surface area contributed by atoms with E-state index in [1.165, 1.54) is 0 Å². The van der Waals surface area contributed by atoms with E-state index in [2.05, 4.69) is 5.32 Å². The number of aliphatic carboxylic acids is 1. The van der Waals surface area contributed by atoms with Gasteiger partial charge in [-0.1, -0.05) is 13.8 Å². The molecule has 0 radical (unpaired) electrons. The maximum atomic E-state index is 11.3. The lowest BCUT2D eigenvalue weighted by molar-refractivity contribution is -0.151. The molecule has 1 fully saturated rings. The second kappa shape index (κ2) is 3.96. The van der Waals surface area contributed by atoms with Gasteiger partial charge in [0.2, 0.25) is 5.91 Å². The first-order valence-corrected chi connectivity index (χ1v) is 4.61. The van der Waals surface area contributed by atoms with Gasteiger partial charge >= 0.3 is 5.97 Å². The van der Waals surface area contributed by atoms with Crippen molar-refractivity contribution in [1.29, 1.82) is 0 Å². The summed E-state index contributed by atoms with van der Waals surface area (Å²) in [6.07, 6.45) is 0.224. The minimum atomic E-state index is -1.27. The van der Waals surface area contributed by atoms with Crippen LogP contribution in [0.25, 0.3) is 0 Å². The molecule has 1 saturated heterocycles. The van der Waals surface area contributed by atoms with Crippen molar-refractivity contribution in [2.24, 2.45) is 5.92 Å². The van der Waals surface area contributed by atoms with Crippen molar-refractivity contribution in [3.05, 3.63) is 0 Å². The molecule has 0 aromatic carbocycles. The zero-order valence-corrected chi connectivity index (χ0v) is 8.37. The number of ether oxygens (including phenoxy) is 1. The number of hydrogen-bond donors (Lipinski definition) is 2. The summed E-state index contributed by atoms with van der Waals surface area (Å²) in [5.41, 5.74) is -1.27. The van der Waals surface area contributed by atoms with Gasteiger partial charge in [0, 0.05) is 6.42 Å². The van der Waals surface area contributed by atoms with Crippen LogP contribution in [-0.4, -0.2) is 35.7 Å². The van der Waals surface area contributed by atoms with Gasteiger partial charge in [0.05, 0.1) is 13.2 Å². The molecule has 0 spiro atoms. The number of rotatable bonds is 2. The van der Waals surface area contributed by atoms with Crippen LogP contribution in [0.3, 0.4) is 0 Å². The fraction of sp³-hybridized carbons (Fsp3) is 0.778. The summed E-state index contributed by atoms with van der Waals surface area (Å²) in [7, 11) is 0. The van der Waals surface area contributed by atoms with Crippen molar-refractivity contribution in [2.75, 3.05) is 13.2 Å². The van der Waals surface area contributed by atoms with Crippen molar-refractivity contribution in [2.45, 2.75) is 25.8 Å². The van der Waals surface area contributed by atoms with Crippen LogP contribution in [0, 0.1) is 5.92 Å². The van der Waals surface area contributed by atoms with E-state index in [1.807, 2.05) is 0 Å². The minimum absolute atomic E-state index is 0.0335. The summed E-state index contributed by atoms with van der Waals surface area (Å²) in [4.78, 5) is 22.4. The Morgan fingerprint density at radius 2 is 2.29 bits per heavy atom. The maximum absolute atomic E-state index is 11.3. The first kappa shape index (κ1) is 11.0. The van der Waals surface area contributed by atoms with E-state index in [9.17, 15) is 9.59 Å². The fourth-order valence-electron chi connectivity index (χ4n) is 1.42. The lowest BCUT2D eigenvalue weighted by Gasteiger charge is -2.31. The molecule has 0 saturated carbocycles. The molecule has 1 unspecified atom stereocenters. The van der Waals surface area contributed by atoms with Crippen molar-refractivity contribution >= 4 is 11.9 Å². The molecule has 80 valence electrons. The molecule has 2 N–H and O–H groups in total. The van der Waals surface area contributed by atoms with Gasteiger partial charge in [-0.25, -0.2) is 4.79 Å². The molecule has 14 heavy (non-hydrogen) atoms. The quantitative estimate of drug-likeness (QED) is 0.659. The zero-order valence-electron chi connectivity index (χ0n) is 8.37. The average molecular weight is 201 g/mol. The van der Waals surface area contributed by atoms with Crippen LogP contribution in [0.1, 0.15) is 20.3 Å². The van der Waals surface area contributed by atoms with E-state index in [-0.39, 0.29) is 31.5 Å². The number of nitrogens with one attached hydrogen (secondary N) is 1. The summed E-state index contributed by atoms with van der Waals surface area (Å²) < 4.78 is 5.14. The molecule has 0 bridgehead atoms. The van der Waals surface area contributed by atoms with Crippen LogP contribution in [0.2, 0.25) is 0 Å². The zero-order chi connectivity index (χ0) is 10.8. The predicted octanol–water partition coefficient (Wildman–Crippen LogP) is 0.00230. The van der Waals surface area contributed by atoms with Crippen molar-refractivity contribution in [3.8, 4) is 0 Å². The van der Waals surface area contributed by atoms with Gasteiger partial charge in [0.15, 0.2) is 5.54 Å². The number of carboxylic acid groups (broad SMARTS) is 1. The Bertz CT molecular complexity index is 251. The summed E-state index contributed by atoms with van der Waals surface area (Å²) >= 11 is 0. The molecule has 5 nitrogen and oxygen atoms in total. The van der Waals surface area contributed by atoms with E-state index in [0.717, 1.165) is 0 Å². The van der Waals surface area contributed by atoms with Crippen LogP contribution in [0.15, 0.2) is 0 Å². The number of carbonyl (C=O) groups excluding carboxylic acids is 1. The molecule has 1 atom stereocenters. The number of amides is 1. The molecule has 0 aromatic rings. The van der Waals surface area contributed by atoms with Gasteiger partial charge in [0.25, 0.3) is 0 Å². The minimum Gasteiger partial charge on any atom is -0.479 e. The fourth-order valence-corrected chi connectivity index (χ4v) is 1.42. The Morgan fingerprint density at radius 3 is 2.79 bits per heavy atom. The van der Waals surface area contributed by atoms with Crippen LogP contribution in [-0.2, 0) is 14.3 Å². The number of hydrogen-bond acceptors (Lipinski definition) is 3. The third-order valence-corrected chi connectivity index (χ3v) is 2.53. The highest BCUT2D eigenvalue weighted by Crippen LogP contribution is 2.20. The number of carboxylic acids is 1. The van der Waals surface area contributed by atoms with Crippen LogP contribution in [0.4, 0.5) is 0 Å². The Labute approximate surface area is 82.4 Å². The summed E-state index contributed by atoms with van der Waals surface area (Å²) in [6.45, 7) is 3.82. The molecule has 1 rings (SSSR count). The van der Waals surface area contributed by atoms with E-state index < -0.39 is 11.5 Å². The third kappa shape index (κ3) is 1.87. The van der Waals surface area contributed by atoms with Crippen molar-refractivity contribution in [1.82, 2.24) is 5.32 Å². The highest BCUT2D eigenvalue weighted by atomic mass is 16.5. The lowest BCUT2D eigenvalue weighted by atomic mass is 9.87. The molecule has 0 aliphatic carbocycles. The van der Waals surface area contributed by atoms with Gasteiger partial charge in [-0.15, -0.1) is 0 Å². The smallest absolute Gasteiger partial charge is 0.332 e. The Kier molecular flexibility index (Phi) is 3.10. The molecular formula is C9H15NO4. The Morgan fingerprint density at radius 1 is 1.64 bits per heavy atom. The van der Waals surface area contributed by atoms with Gasteiger partial charge in [-0.2, -0.15) is 0 Å². The summed E-state index contributed by atoms with van der Waals surface area (Å²) in [6, 6.07) is 0. The first-order valence-electron chi connectivity index (χ1n) is 4.61. The normalized spacial score (nSPS) is 28.4. The van der Waals surface area contributed by atoms with Crippen LogP contribution >= 0.6 is 0 Å². The van der Waals surface area contributed by atoms with E-state index in [1.54, 1.807) is 13.8 Å². The molecular weight excluding hydrogens is 186 g/mol. The maximum Gasteiger partial charge on any atom is 0.332 e. The topological polar surface area (TPSA) is 75.6 Å². The Balaban J connectivity index is 2.94. The van der Waals surface area contributed by atoms with Gasteiger partial charge < -0.3 is 15.2 Å². The first-order chi connectivity index (χ1) is 6.49. The third-order valence-electron chi connectivity index (χ3n) is 2.53. The lowest BCUT2D eigenvalue weighted by Crippen LogP contribution is -2.60. The molecule has 5 heteroatoms. The highest BCUT2D eigenvalue weighted by Gasteiger charge is 2.44. The highest BCUT2D eigenvalue weighted by molar-refractivity contribution is 5.87. The monoisotopic (exact) mass is 201 g/mol. The van der Waals surface area contributed by atoms with E-state index in [4.69, 9.17) is 9.84 Å². The average Bonchev–Trinajstić information content (AvgIpc) is 2.27. The standard InChI is InChI=1S/C9H15NO4/c1-6(2)9(8(12)13)5-14-4-3-7(11)10-9/h6H,3-5H2,1-2H3,(H,10,11)(H,12,13). The van der Waals surface area contributed by atoms with Crippen molar-refractivity contribution in [3.63, 3.8) is 0 Å². The molecule has 0 aromatic heterocycles. The molecule has 1 heterocycles. The molecule has 1 aliphatic heterocycles. The van der Waals surface area contributed by atoms with Crippen molar-refractivity contribution < 1.29 is 19.4 Å².